The standard InChI is InChI=1S/C19H24N6O/c1-13-8-14(9-13)25-18-12-24(6-5-16(18)20-22-25)11-15-10-17(21-23(15)2)19-4-3-7-26-19/h3-4,7,10,13-14H,5-6,8-9,11-12H2,1-2H3. The lowest BCUT2D eigenvalue weighted by atomic mass is 9.82. The van der Waals surface area contributed by atoms with Crippen LogP contribution in [0.4, 0.5) is 0 Å². The van der Waals surface area contributed by atoms with Gasteiger partial charge in [0.25, 0.3) is 0 Å². The summed E-state index contributed by atoms with van der Waals surface area (Å²) in [6.07, 6.45) is 5.11. The Kier molecular flexibility index (Phi) is 3.70. The minimum atomic E-state index is 0.545. The van der Waals surface area contributed by atoms with E-state index < -0.39 is 0 Å². The summed E-state index contributed by atoms with van der Waals surface area (Å²) >= 11 is 0. The van der Waals surface area contributed by atoms with Crippen molar-refractivity contribution in [1.29, 1.82) is 0 Å². The largest absolute Gasteiger partial charge is 0.463 e. The Morgan fingerprint density at radius 2 is 2.19 bits per heavy atom. The Morgan fingerprint density at radius 3 is 2.96 bits per heavy atom. The van der Waals surface area contributed by atoms with Crippen molar-refractivity contribution < 1.29 is 4.42 Å². The van der Waals surface area contributed by atoms with E-state index in [9.17, 15) is 0 Å². The van der Waals surface area contributed by atoms with Gasteiger partial charge in [-0.15, -0.1) is 5.10 Å². The number of rotatable bonds is 4. The zero-order chi connectivity index (χ0) is 17.7. The molecule has 2 aliphatic rings. The van der Waals surface area contributed by atoms with Crippen LogP contribution in [0.1, 0.15) is 42.9 Å². The lowest BCUT2D eigenvalue weighted by Crippen LogP contribution is -2.34. The second kappa shape index (κ2) is 6.09. The van der Waals surface area contributed by atoms with Gasteiger partial charge >= 0.3 is 0 Å². The van der Waals surface area contributed by atoms with Crippen molar-refractivity contribution in [3.05, 3.63) is 41.5 Å². The molecule has 7 nitrogen and oxygen atoms in total. The maximum absolute atomic E-state index is 5.47. The molecule has 0 amide bonds. The van der Waals surface area contributed by atoms with Crippen molar-refractivity contribution in [2.75, 3.05) is 6.54 Å². The molecule has 4 heterocycles. The van der Waals surface area contributed by atoms with Crippen molar-refractivity contribution >= 4 is 0 Å². The van der Waals surface area contributed by atoms with Crippen molar-refractivity contribution in [3.63, 3.8) is 0 Å². The third-order valence-electron chi connectivity index (χ3n) is 5.74. The molecule has 1 aliphatic carbocycles. The van der Waals surface area contributed by atoms with Crippen LogP contribution in [0.2, 0.25) is 0 Å². The van der Waals surface area contributed by atoms with Crippen molar-refractivity contribution in [2.45, 2.75) is 45.3 Å². The zero-order valence-corrected chi connectivity index (χ0v) is 15.3. The SMILES string of the molecule is CC1CC(n2nnc3c2CN(Cc2cc(-c4ccco4)nn2C)CC3)C1. The molecular weight excluding hydrogens is 328 g/mol. The van der Waals surface area contributed by atoms with Gasteiger partial charge in [-0.25, -0.2) is 4.68 Å². The van der Waals surface area contributed by atoms with E-state index in [1.165, 1.54) is 29.9 Å². The van der Waals surface area contributed by atoms with Gasteiger partial charge in [0.1, 0.15) is 5.69 Å². The number of hydrogen-bond acceptors (Lipinski definition) is 5. The Bertz CT molecular complexity index is 903. The molecule has 0 atom stereocenters. The molecule has 5 rings (SSSR count). The van der Waals surface area contributed by atoms with E-state index >= 15 is 0 Å². The zero-order valence-electron chi connectivity index (χ0n) is 15.3. The molecule has 1 aliphatic heterocycles. The van der Waals surface area contributed by atoms with Crippen LogP contribution in [0.3, 0.4) is 0 Å². The van der Waals surface area contributed by atoms with Gasteiger partial charge in [0.2, 0.25) is 0 Å². The Labute approximate surface area is 152 Å². The first-order chi connectivity index (χ1) is 12.7. The lowest BCUT2D eigenvalue weighted by Gasteiger charge is -2.35. The molecule has 1 fully saturated rings. The highest BCUT2D eigenvalue weighted by molar-refractivity contribution is 5.52. The van der Waals surface area contributed by atoms with Crippen LogP contribution >= 0.6 is 0 Å². The molecule has 26 heavy (non-hydrogen) atoms. The molecule has 0 bridgehead atoms. The second-order valence-corrected chi connectivity index (χ2v) is 7.74. The fourth-order valence-corrected chi connectivity index (χ4v) is 4.17. The van der Waals surface area contributed by atoms with Crippen LogP contribution in [0.25, 0.3) is 11.5 Å². The third kappa shape index (κ3) is 2.67. The van der Waals surface area contributed by atoms with E-state index in [0.717, 1.165) is 43.4 Å². The highest BCUT2D eigenvalue weighted by Crippen LogP contribution is 2.38. The number of aryl methyl sites for hydroxylation is 1. The number of aromatic nitrogens is 5. The minimum absolute atomic E-state index is 0.545. The molecule has 3 aromatic heterocycles. The van der Waals surface area contributed by atoms with Crippen molar-refractivity contribution in [3.8, 4) is 11.5 Å². The maximum Gasteiger partial charge on any atom is 0.154 e. The van der Waals surface area contributed by atoms with Crippen LogP contribution in [-0.4, -0.2) is 36.2 Å². The van der Waals surface area contributed by atoms with Crippen LogP contribution in [0, 0.1) is 5.92 Å². The van der Waals surface area contributed by atoms with E-state index in [4.69, 9.17) is 4.42 Å². The number of furan rings is 1. The summed E-state index contributed by atoms with van der Waals surface area (Å²) in [5.41, 5.74) is 4.57. The lowest BCUT2D eigenvalue weighted by molar-refractivity contribution is 0.176. The average molecular weight is 352 g/mol. The first-order valence-electron chi connectivity index (χ1n) is 9.39. The van der Waals surface area contributed by atoms with Crippen molar-refractivity contribution in [2.24, 2.45) is 13.0 Å². The third-order valence-corrected chi connectivity index (χ3v) is 5.74. The van der Waals surface area contributed by atoms with Gasteiger partial charge in [-0.2, -0.15) is 5.10 Å². The van der Waals surface area contributed by atoms with E-state index in [1.807, 2.05) is 23.9 Å². The summed E-state index contributed by atoms with van der Waals surface area (Å²) in [5, 5.41) is 13.5. The van der Waals surface area contributed by atoms with Gasteiger partial charge in [0.15, 0.2) is 5.76 Å². The summed E-state index contributed by atoms with van der Waals surface area (Å²) in [5.74, 6) is 1.63. The molecule has 136 valence electrons. The van der Waals surface area contributed by atoms with E-state index in [-0.39, 0.29) is 0 Å². The van der Waals surface area contributed by atoms with E-state index in [0.29, 0.717) is 6.04 Å². The van der Waals surface area contributed by atoms with Gasteiger partial charge in [-0.3, -0.25) is 9.58 Å². The molecule has 0 aromatic carbocycles. The average Bonchev–Trinajstić information content (AvgIpc) is 3.32. The molecule has 0 saturated heterocycles. The molecule has 0 unspecified atom stereocenters. The number of nitrogens with zero attached hydrogens (tertiary/aromatic N) is 6. The molecule has 7 heteroatoms. The van der Waals surface area contributed by atoms with Crippen LogP contribution in [0.15, 0.2) is 28.9 Å². The maximum atomic E-state index is 5.47. The van der Waals surface area contributed by atoms with Gasteiger partial charge in [0, 0.05) is 33.1 Å². The fourth-order valence-electron chi connectivity index (χ4n) is 4.17. The van der Waals surface area contributed by atoms with E-state index in [1.54, 1.807) is 6.26 Å². The smallest absolute Gasteiger partial charge is 0.154 e. The predicted octanol–water partition coefficient (Wildman–Crippen LogP) is 2.80. The Balaban J connectivity index is 1.33. The minimum Gasteiger partial charge on any atom is -0.463 e. The highest BCUT2D eigenvalue weighted by Gasteiger charge is 2.32. The summed E-state index contributed by atoms with van der Waals surface area (Å²) in [4.78, 5) is 2.47. The predicted molar refractivity (Wildman–Crippen MR) is 96.2 cm³/mol. The molecular formula is C19H24N6O. The van der Waals surface area contributed by atoms with Crippen LogP contribution in [-0.2, 0) is 26.6 Å². The summed E-state index contributed by atoms with van der Waals surface area (Å²) in [6, 6.07) is 6.51. The quantitative estimate of drug-likeness (QED) is 0.722. The van der Waals surface area contributed by atoms with Gasteiger partial charge in [-0.1, -0.05) is 12.1 Å². The molecule has 3 aromatic rings. The summed E-state index contributed by atoms with van der Waals surface area (Å²) in [7, 11) is 2.00. The van der Waals surface area contributed by atoms with E-state index in [2.05, 4.69) is 38.0 Å². The number of fused-ring (bicyclic) bond motifs is 1. The fraction of sp³-hybridized carbons (Fsp3) is 0.526. The molecule has 0 spiro atoms. The Morgan fingerprint density at radius 1 is 1.31 bits per heavy atom. The van der Waals surface area contributed by atoms with Gasteiger partial charge in [0.05, 0.1) is 29.4 Å². The molecule has 1 saturated carbocycles. The number of hydrogen-bond donors (Lipinski definition) is 0. The Hall–Kier alpha value is -2.41. The van der Waals surface area contributed by atoms with Crippen LogP contribution in [0.5, 0.6) is 0 Å². The molecule has 0 radical (unpaired) electrons. The summed E-state index contributed by atoms with van der Waals surface area (Å²) in [6.45, 7) is 5.10. The molecule has 0 N–H and O–H groups in total. The second-order valence-electron chi connectivity index (χ2n) is 7.74. The monoisotopic (exact) mass is 352 g/mol. The normalized spacial score (nSPS) is 23.0. The van der Waals surface area contributed by atoms with Crippen molar-refractivity contribution in [1.82, 2.24) is 29.7 Å². The topological polar surface area (TPSA) is 64.9 Å². The van der Waals surface area contributed by atoms with Gasteiger partial charge in [-0.05, 0) is 37.0 Å². The first-order valence-corrected chi connectivity index (χ1v) is 9.39. The summed E-state index contributed by atoms with van der Waals surface area (Å²) < 4.78 is 9.62. The highest BCUT2D eigenvalue weighted by atomic mass is 16.3. The van der Waals surface area contributed by atoms with Crippen LogP contribution < -0.4 is 0 Å². The first kappa shape index (κ1) is 15.8. The van der Waals surface area contributed by atoms with Gasteiger partial charge < -0.3 is 4.42 Å².